The summed E-state index contributed by atoms with van der Waals surface area (Å²) >= 11 is 5.98. The number of hydrogen-bond donors (Lipinski definition) is 1. The third-order valence-corrected chi connectivity index (χ3v) is 4.46. The predicted octanol–water partition coefficient (Wildman–Crippen LogP) is 2.25. The number of rotatable bonds is 5. The molecule has 0 spiro atoms. The highest BCUT2D eigenvalue weighted by Crippen LogP contribution is 2.19. The van der Waals surface area contributed by atoms with Gasteiger partial charge in [0.25, 0.3) is 5.56 Å². The molecule has 28 heavy (non-hydrogen) atoms. The minimum absolute atomic E-state index is 0.113. The van der Waals surface area contributed by atoms with E-state index in [0.29, 0.717) is 0 Å². The Kier molecular flexibility index (Phi) is 5.19. The minimum atomic E-state index is -0.523. The molecule has 0 aliphatic heterocycles. The largest absolute Gasteiger partial charge is 0.332 e. The number of benzene rings is 1. The first kappa shape index (κ1) is 19.6. The Morgan fingerprint density at radius 3 is 2.71 bits per heavy atom. The lowest BCUT2D eigenvalue weighted by Gasteiger charge is -2.08. The molecule has 0 radical (unpaired) electrons. The van der Waals surface area contributed by atoms with Crippen molar-refractivity contribution in [1.82, 2.24) is 18.7 Å². The lowest BCUT2D eigenvalue weighted by atomic mass is 10.2. The summed E-state index contributed by atoms with van der Waals surface area (Å²) in [7, 11) is 2.92. The number of hydrogen-bond acceptors (Lipinski definition) is 5. The van der Waals surface area contributed by atoms with Gasteiger partial charge in [0.15, 0.2) is 11.2 Å². The molecule has 0 fully saturated rings. The fraction of sp³-hybridized carbons (Fsp3) is 0.222. The molecule has 2 heterocycles. The molecule has 1 N–H and O–H groups in total. The second-order valence-electron chi connectivity index (χ2n) is 6.36. The van der Waals surface area contributed by atoms with Crippen LogP contribution < -0.4 is 16.7 Å². The SMILES string of the molecule is C=C(C)Cn1c(NN=Cc2c(F)cccc2Cl)nc2c1c(=O)n(C)c(=O)n2C. The van der Waals surface area contributed by atoms with E-state index < -0.39 is 17.1 Å². The van der Waals surface area contributed by atoms with Crippen LogP contribution in [0.2, 0.25) is 5.02 Å². The molecule has 0 atom stereocenters. The Labute approximate surface area is 164 Å². The van der Waals surface area contributed by atoms with E-state index >= 15 is 0 Å². The van der Waals surface area contributed by atoms with E-state index in [4.69, 9.17) is 11.6 Å². The van der Waals surface area contributed by atoms with Crippen molar-refractivity contribution in [2.24, 2.45) is 19.2 Å². The Morgan fingerprint density at radius 1 is 1.36 bits per heavy atom. The fourth-order valence-corrected chi connectivity index (χ4v) is 2.96. The summed E-state index contributed by atoms with van der Waals surface area (Å²) in [5.74, 6) is -0.315. The molecular formula is C18H18ClFN6O2. The number of aromatic nitrogens is 4. The van der Waals surface area contributed by atoms with Crippen molar-refractivity contribution >= 4 is 34.9 Å². The van der Waals surface area contributed by atoms with Gasteiger partial charge in [-0.3, -0.25) is 18.5 Å². The summed E-state index contributed by atoms with van der Waals surface area (Å²) in [6.45, 7) is 5.94. The fourth-order valence-electron chi connectivity index (χ4n) is 2.74. The van der Waals surface area contributed by atoms with E-state index in [-0.39, 0.29) is 34.2 Å². The van der Waals surface area contributed by atoms with Crippen molar-refractivity contribution in [3.05, 3.63) is 67.6 Å². The Balaban J connectivity index is 2.13. The number of anilines is 1. The van der Waals surface area contributed by atoms with Crippen LogP contribution in [-0.4, -0.2) is 24.9 Å². The van der Waals surface area contributed by atoms with Crippen LogP contribution in [0.25, 0.3) is 11.2 Å². The zero-order valence-electron chi connectivity index (χ0n) is 15.5. The first-order valence-corrected chi connectivity index (χ1v) is 8.64. The lowest BCUT2D eigenvalue weighted by Crippen LogP contribution is -2.37. The average Bonchev–Trinajstić information content (AvgIpc) is 2.98. The minimum Gasteiger partial charge on any atom is -0.299 e. The van der Waals surface area contributed by atoms with Gasteiger partial charge in [-0.15, -0.1) is 0 Å². The highest BCUT2D eigenvalue weighted by molar-refractivity contribution is 6.33. The monoisotopic (exact) mass is 404 g/mol. The van der Waals surface area contributed by atoms with Gasteiger partial charge in [0.1, 0.15) is 5.82 Å². The van der Waals surface area contributed by atoms with Gasteiger partial charge < -0.3 is 0 Å². The van der Waals surface area contributed by atoms with Gasteiger partial charge in [-0.25, -0.2) is 14.6 Å². The molecule has 0 aliphatic carbocycles. The van der Waals surface area contributed by atoms with E-state index in [9.17, 15) is 14.0 Å². The first-order valence-electron chi connectivity index (χ1n) is 8.26. The third-order valence-electron chi connectivity index (χ3n) is 4.13. The number of nitrogens with zero attached hydrogens (tertiary/aromatic N) is 5. The van der Waals surface area contributed by atoms with E-state index in [1.165, 1.54) is 37.0 Å². The summed E-state index contributed by atoms with van der Waals surface area (Å²) in [6, 6.07) is 4.30. The van der Waals surface area contributed by atoms with Crippen molar-refractivity contribution in [3.8, 4) is 0 Å². The molecular weight excluding hydrogens is 387 g/mol. The Bertz CT molecular complexity index is 1220. The maximum Gasteiger partial charge on any atom is 0.332 e. The van der Waals surface area contributed by atoms with Crippen molar-refractivity contribution in [2.75, 3.05) is 5.43 Å². The normalized spacial score (nSPS) is 11.5. The van der Waals surface area contributed by atoms with Gasteiger partial charge >= 0.3 is 5.69 Å². The predicted molar refractivity (Wildman–Crippen MR) is 108 cm³/mol. The lowest BCUT2D eigenvalue weighted by molar-refractivity contribution is 0.626. The second-order valence-corrected chi connectivity index (χ2v) is 6.77. The number of halogens is 2. The molecule has 8 nitrogen and oxygen atoms in total. The van der Waals surface area contributed by atoms with Crippen molar-refractivity contribution in [1.29, 1.82) is 0 Å². The van der Waals surface area contributed by atoms with Crippen LogP contribution in [0.5, 0.6) is 0 Å². The maximum absolute atomic E-state index is 13.9. The molecule has 0 amide bonds. The van der Waals surface area contributed by atoms with Crippen molar-refractivity contribution in [2.45, 2.75) is 13.5 Å². The van der Waals surface area contributed by atoms with E-state index in [2.05, 4.69) is 22.1 Å². The highest BCUT2D eigenvalue weighted by atomic mass is 35.5. The number of nitrogens with one attached hydrogen (secondary N) is 1. The summed E-state index contributed by atoms with van der Waals surface area (Å²) in [4.78, 5) is 29.1. The second kappa shape index (κ2) is 7.43. The zero-order valence-corrected chi connectivity index (χ0v) is 16.3. The number of aryl methyl sites for hydroxylation is 1. The van der Waals surface area contributed by atoms with Gasteiger partial charge in [0.2, 0.25) is 5.95 Å². The van der Waals surface area contributed by atoms with E-state index in [1.807, 2.05) is 0 Å². The highest BCUT2D eigenvalue weighted by Gasteiger charge is 2.19. The van der Waals surface area contributed by atoms with Crippen molar-refractivity contribution < 1.29 is 4.39 Å². The van der Waals surface area contributed by atoms with Crippen LogP contribution in [0.15, 0.2) is 45.0 Å². The summed E-state index contributed by atoms with van der Waals surface area (Å²) in [5, 5.41) is 4.20. The topological polar surface area (TPSA) is 86.2 Å². The van der Waals surface area contributed by atoms with E-state index in [1.54, 1.807) is 17.6 Å². The molecule has 1 aromatic carbocycles. The number of hydrazone groups is 1. The van der Waals surface area contributed by atoms with Crippen LogP contribution in [0.1, 0.15) is 12.5 Å². The average molecular weight is 405 g/mol. The molecule has 10 heteroatoms. The Hall–Kier alpha value is -3.20. The molecule has 0 aliphatic rings. The number of fused-ring (bicyclic) bond motifs is 1. The maximum atomic E-state index is 13.9. The van der Waals surface area contributed by atoms with Crippen LogP contribution in [0, 0.1) is 5.82 Å². The molecule has 146 valence electrons. The molecule has 3 rings (SSSR count). The molecule has 0 unspecified atom stereocenters. The van der Waals surface area contributed by atoms with Gasteiger partial charge in [0.05, 0.1) is 11.2 Å². The molecule has 0 bridgehead atoms. The molecule has 0 saturated heterocycles. The zero-order chi connectivity index (χ0) is 20.6. The first-order chi connectivity index (χ1) is 13.2. The Morgan fingerprint density at radius 2 is 2.07 bits per heavy atom. The van der Waals surface area contributed by atoms with Gasteiger partial charge in [0, 0.05) is 26.2 Å². The summed E-state index contributed by atoms with van der Waals surface area (Å²) in [6.07, 6.45) is 1.22. The van der Waals surface area contributed by atoms with Gasteiger partial charge in [-0.1, -0.05) is 29.8 Å². The van der Waals surface area contributed by atoms with Crippen LogP contribution in [-0.2, 0) is 20.6 Å². The molecule has 2 aromatic heterocycles. The van der Waals surface area contributed by atoms with Crippen LogP contribution in [0.3, 0.4) is 0 Å². The number of allylic oxidation sites excluding steroid dienone is 1. The van der Waals surface area contributed by atoms with Crippen LogP contribution >= 0.6 is 11.6 Å². The summed E-state index contributed by atoms with van der Waals surface area (Å²) < 4.78 is 17.7. The van der Waals surface area contributed by atoms with Gasteiger partial charge in [-0.05, 0) is 19.1 Å². The molecule has 0 saturated carbocycles. The van der Waals surface area contributed by atoms with Crippen molar-refractivity contribution in [3.63, 3.8) is 0 Å². The van der Waals surface area contributed by atoms with Crippen LogP contribution in [0.4, 0.5) is 10.3 Å². The smallest absolute Gasteiger partial charge is 0.299 e. The quantitative estimate of drug-likeness (QED) is 0.401. The third kappa shape index (κ3) is 3.36. The standard InChI is InChI=1S/C18H18ClFN6O2/c1-10(2)9-26-14-15(24(3)18(28)25(4)16(14)27)22-17(26)23-21-8-11-12(19)6-5-7-13(11)20/h5-8H,1,9H2,2-4H3,(H,22,23). The number of imidazole rings is 1. The molecule has 3 aromatic rings. The summed E-state index contributed by atoms with van der Waals surface area (Å²) in [5.41, 5.74) is 3.03. The van der Waals surface area contributed by atoms with Gasteiger partial charge in [-0.2, -0.15) is 10.1 Å². The van der Waals surface area contributed by atoms with E-state index in [0.717, 1.165) is 10.1 Å².